The highest BCUT2D eigenvalue weighted by Gasteiger charge is 2.39. The Hall–Kier alpha value is -2.11. The van der Waals surface area contributed by atoms with E-state index in [0.717, 1.165) is 43.4 Å². The summed E-state index contributed by atoms with van der Waals surface area (Å²) in [6.45, 7) is 4.44. The Balaban J connectivity index is 1.45. The first-order chi connectivity index (χ1) is 15.9. The van der Waals surface area contributed by atoms with Gasteiger partial charge in [-0.3, -0.25) is 0 Å². The topological polar surface area (TPSA) is 49.4 Å². The van der Waals surface area contributed by atoms with Crippen LogP contribution >= 0.6 is 0 Å². The molecule has 5 rings (SSSR count). The predicted molar refractivity (Wildman–Crippen MR) is 135 cm³/mol. The molecule has 2 aromatic rings. The van der Waals surface area contributed by atoms with E-state index in [9.17, 15) is 8.42 Å². The van der Waals surface area contributed by atoms with Crippen molar-refractivity contribution >= 4 is 15.7 Å². The summed E-state index contributed by atoms with van der Waals surface area (Å²) in [4.78, 5) is 0.426. The molecule has 1 fully saturated rings. The van der Waals surface area contributed by atoms with Crippen molar-refractivity contribution in [2.45, 2.75) is 81.2 Å². The summed E-state index contributed by atoms with van der Waals surface area (Å²) in [5.41, 5.74) is 4.83. The molecular weight excluding hydrogens is 428 g/mol. The van der Waals surface area contributed by atoms with Crippen molar-refractivity contribution in [3.63, 3.8) is 0 Å². The number of nitrogens with zero attached hydrogens (tertiary/aromatic N) is 1. The van der Waals surface area contributed by atoms with Crippen molar-refractivity contribution < 1.29 is 8.42 Å². The fourth-order valence-corrected chi connectivity index (χ4v) is 7.41. The van der Waals surface area contributed by atoms with Gasteiger partial charge in [-0.05, 0) is 66.0 Å². The Labute approximate surface area is 199 Å². The van der Waals surface area contributed by atoms with Crippen LogP contribution in [0.4, 0.5) is 5.69 Å². The summed E-state index contributed by atoms with van der Waals surface area (Å²) in [5, 5.41) is 3.76. The molecular formula is C28H36N2O2S. The minimum atomic E-state index is -3.50. The first-order valence-electron chi connectivity index (χ1n) is 12.5. The number of rotatable bonds is 5. The molecule has 5 heteroatoms. The maximum absolute atomic E-state index is 13.5. The lowest BCUT2D eigenvalue weighted by Gasteiger charge is -2.38. The van der Waals surface area contributed by atoms with Crippen molar-refractivity contribution in [1.29, 1.82) is 0 Å². The molecule has 0 saturated heterocycles. The monoisotopic (exact) mass is 464 g/mol. The molecule has 1 saturated carbocycles. The molecule has 0 radical (unpaired) electrons. The van der Waals surface area contributed by atoms with Crippen molar-refractivity contribution in [3.05, 3.63) is 71.3 Å². The fourth-order valence-electron chi connectivity index (χ4n) is 5.96. The molecule has 176 valence electrons. The Morgan fingerprint density at radius 3 is 2.42 bits per heavy atom. The molecule has 4 nitrogen and oxygen atoms in total. The summed E-state index contributed by atoms with van der Waals surface area (Å²) < 4.78 is 28.6. The van der Waals surface area contributed by atoms with Gasteiger partial charge < -0.3 is 5.32 Å². The molecule has 0 spiro atoms. The van der Waals surface area contributed by atoms with Crippen LogP contribution in [-0.4, -0.2) is 25.8 Å². The van der Waals surface area contributed by atoms with Gasteiger partial charge in [-0.1, -0.05) is 69.5 Å². The molecule has 0 bridgehead atoms. The molecule has 3 atom stereocenters. The number of fused-ring (bicyclic) bond motifs is 3. The second kappa shape index (κ2) is 8.92. The quantitative estimate of drug-likeness (QED) is 0.508. The van der Waals surface area contributed by atoms with Gasteiger partial charge in [0.05, 0.1) is 10.9 Å². The van der Waals surface area contributed by atoms with E-state index in [1.807, 2.05) is 12.1 Å². The lowest BCUT2D eigenvalue weighted by atomic mass is 9.77. The second-order valence-electron chi connectivity index (χ2n) is 10.4. The zero-order valence-corrected chi connectivity index (χ0v) is 20.8. The zero-order chi connectivity index (χ0) is 23.2. The highest BCUT2D eigenvalue weighted by molar-refractivity contribution is 7.89. The Morgan fingerprint density at radius 2 is 1.73 bits per heavy atom. The molecule has 1 N–H and O–H groups in total. The molecule has 1 aliphatic heterocycles. The normalized spacial score (nSPS) is 25.2. The fraction of sp³-hybridized carbons (Fsp3) is 0.500. The molecule has 2 aromatic carbocycles. The van der Waals surface area contributed by atoms with E-state index in [0.29, 0.717) is 16.7 Å². The van der Waals surface area contributed by atoms with Gasteiger partial charge >= 0.3 is 0 Å². The van der Waals surface area contributed by atoms with Gasteiger partial charge in [0.2, 0.25) is 10.0 Å². The number of hydrogen-bond donors (Lipinski definition) is 1. The lowest BCUT2D eigenvalue weighted by Crippen LogP contribution is -2.38. The van der Waals surface area contributed by atoms with Gasteiger partial charge in [0.1, 0.15) is 0 Å². The van der Waals surface area contributed by atoms with Gasteiger partial charge in [-0.25, -0.2) is 8.42 Å². The van der Waals surface area contributed by atoms with Gasteiger partial charge in [0, 0.05) is 24.7 Å². The Morgan fingerprint density at radius 1 is 1.00 bits per heavy atom. The summed E-state index contributed by atoms with van der Waals surface area (Å²) in [6.07, 6.45) is 10.9. The minimum Gasteiger partial charge on any atom is -0.378 e. The first-order valence-corrected chi connectivity index (χ1v) is 14.0. The molecule has 1 heterocycles. The molecule has 2 aliphatic carbocycles. The van der Waals surface area contributed by atoms with E-state index >= 15 is 0 Å². The standard InChI is InChI=1S/C28H36N2O2S/c1-19(2)20-12-14-21(15-13-20)28-25-11-7-10-24(25)26-18-23(16-17-27(26)29-28)33(31,32)30(3)22-8-5-4-6-9-22/h7,10,12-19,22,24-25,28-29H,4-6,8-9,11H2,1-3H3. The van der Waals surface area contributed by atoms with E-state index in [-0.39, 0.29) is 18.0 Å². The van der Waals surface area contributed by atoms with Crippen molar-refractivity contribution in [2.75, 3.05) is 12.4 Å². The van der Waals surface area contributed by atoms with E-state index in [4.69, 9.17) is 0 Å². The number of nitrogens with one attached hydrogen (secondary N) is 1. The van der Waals surface area contributed by atoms with Gasteiger partial charge in [0.15, 0.2) is 0 Å². The van der Waals surface area contributed by atoms with Crippen molar-refractivity contribution in [1.82, 2.24) is 4.31 Å². The third-order valence-corrected chi connectivity index (χ3v) is 9.97. The van der Waals surface area contributed by atoms with Crippen LogP contribution in [0.1, 0.15) is 86.9 Å². The van der Waals surface area contributed by atoms with Crippen LogP contribution in [0.2, 0.25) is 0 Å². The Bertz CT molecular complexity index is 1130. The first kappa shape index (κ1) is 22.7. The van der Waals surface area contributed by atoms with Gasteiger partial charge in [-0.2, -0.15) is 4.31 Å². The van der Waals surface area contributed by atoms with Crippen LogP contribution in [0, 0.1) is 5.92 Å². The number of sulfonamides is 1. The maximum Gasteiger partial charge on any atom is 0.243 e. The SMILES string of the molecule is CC(C)c1ccc(C2Nc3ccc(S(=O)(=O)N(C)C4CCCCC4)cc3C3C=CCC32)cc1. The molecule has 0 amide bonds. The summed E-state index contributed by atoms with van der Waals surface area (Å²) >= 11 is 0. The number of benzene rings is 2. The van der Waals surface area contributed by atoms with E-state index < -0.39 is 10.0 Å². The lowest BCUT2D eigenvalue weighted by molar-refractivity contribution is 0.286. The van der Waals surface area contributed by atoms with Gasteiger partial charge in [-0.15, -0.1) is 0 Å². The zero-order valence-electron chi connectivity index (χ0n) is 20.0. The molecule has 3 unspecified atom stereocenters. The van der Waals surface area contributed by atoms with Crippen LogP contribution in [0.25, 0.3) is 0 Å². The minimum absolute atomic E-state index is 0.121. The summed E-state index contributed by atoms with van der Waals surface area (Å²) in [7, 11) is -1.74. The van der Waals surface area contributed by atoms with Crippen LogP contribution in [0.5, 0.6) is 0 Å². The van der Waals surface area contributed by atoms with Crippen LogP contribution in [0.3, 0.4) is 0 Å². The van der Waals surface area contributed by atoms with E-state index in [1.165, 1.54) is 17.5 Å². The average molecular weight is 465 g/mol. The van der Waals surface area contributed by atoms with E-state index in [1.54, 1.807) is 17.4 Å². The smallest absolute Gasteiger partial charge is 0.243 e. The van der Waals surface area contributed by atoms with Crippen molar-refractivity contribution in [3.8, 4) is 0 Å². The van der Waals surface area contributed by atoms with Crippen LogP contribution < -0.4 is 5.32 Å². The summed E-state index contributed by atoms with van der Waals surface area (Å²) in [6, 6.07) is 15.0. The van der Waals surface area contributed by atoms with Crippen molar-refractivity contribution in [2.24, 2.45) is 5.92 Å². The summed E-state index contributed by atoms with van der Waals surface area (Å²) in [5.74, 6) is 1.16. The highest BCUT2D eigenvalue weighted by Crippen LogP contribution is 2.50. The third kappa shape index (κ3) is 4.15. The molecule has 3 aliphatic rings. The Kier molecular flexibility index (Phi) is 6.13. The maximum atomic E-state index is 13.5. The number of hydrogen-bond acceptors (Lipinski definition) is 3. The number of anilines is 1. The largest absolute Gasteiger partial charge is 0.378 e. The molecule has 0 aromatic heterocycles. The predicted octanol–water partition coefficient (Wildman–Crippen LogP) is 6.59. The van der Waals surface area contributed by atoms with Gasteiger partial charge in [0.25, 0.3) is 0 Å². The third-order valence-electron chi connectivity index (χ3n) is 8.06. The average Bonchev–Trinajstić information content (AvgIpc) is 3.33. The van der Waals surface area contributed by atoms with Crippen LogP contribution in [0.15, 0.2) is 59.5 Å². The van der Waals surface area contributed by atoms with Crippen LogP contribution in [-0.2, 0) is 10.0 Å². The van der Waals surface area contributed by atoms with E-state index in [2.05, 4.69) is 55.6 Å². The second-order valence-corrected chi connectivity index (χ2v) is 12.4. The highest BCUT2D eigenvalue weighted by atomic mass is 32.2. The molecule has 33 heavy (non-hydrogen) atoms. The number of allylic oxidation sites excluding steroid dienone is 2.